The summed E-state index contributed by atoms with van der Waals surface area (Å²) in [4.78, 5) is 27.4. The van der Waals surface area contributed by atoms with Crippen molar-refractivity contribution in [1.82, 2.24) is 20.1 Å². The molecule has 0 aliphatic heterocycles. The number of carbonyl (C=O) groups excluding carboxylic acids is 1. The van der Waals surface area contributed by atoms with Crippen LogP contribution in [0, 0.1) is 5.92 Å². The molecule has 2 aromatic rings. The number of pyridine rings is 1. The number of amides is 1. The third-order valence-electron chi connectivity index (χ3n) is 2.93. The van der Waals surface area contributed by atoms with Gasteiger partial charge in [-0.3, -0.25) is 4.79 Å². The first-order chi connectivity index (χ1) is 9.99. The fourth-order valence-corrected chi connectivity index (χ4v) is 1.81. The maximum absolute atomic E-state index is 12.1. The molecule has 2 N–H and O–H groups in total. The molecule has 0 aliphatic rings. The van der Waals surface area contributed by atoms with Gasteiger partial charge in [0.05, 0.1) is 0 Å². The molecule has 2 rings (SSSR count). The number of carboxylic acid groups (broad SMARTS) is 1. The number of aromatic nitrogens is 3. The molecule has 0 spiro atoms. The summed E-state index contributed by atoms with van der Waals surface area (Å²) >= 11 is 0. The second-order valence-electron chi connectivity index (χ2n) is 4.87. The van der Waals surface area contributed by atoms with Crippen molar-refractivity contribution in [2.45, 2.75) is 19.9 Å². The van der Waals surface area contributed by atoms with Gasteiger partial charge < -0.3 is 10.4 Å². The maximum Gasteiger partial charge on any atom is 0.326 e. The number of hydrogen-bond donors (Lipinski definition) is 2. The third kappa shape index (κ3) is 3.44. The lowest BCUT2D eigenvalue weighted by atomic mass is 10.0. The Morgan fingerprint density at radius 2 is 2.05 bits per heavy atom. The second-order valence-corrected chi connectivity index (χ2v) is 4.87. The molecule has 2 aromatic heterocycles. The van der Waals surface area contributed by atoms with Crippen LogP contribution in [-0.2, 0) is 4.79 Å². The van der Waals surface area contributed by atoms with Gasteiger partial charge >= 0.3 is 5.97 Å². The highest BCUT2D eigenvalue weighted by Gasteiger charge is 2.24. The summed E-state index contributed by atoms with van der Waals surface area (Å²) in [7, 11) is 0. The van der Waals surface area contributed by atoms with Crippen molar-refractivity contribution in [3.05, 3.63) is 42.4 Å². The summed E-state index contributed by atoms with van der Waals surface area (Å²) in [6.45, 7) is 3.46. The molecule has 1 atom stereocenters. The third-order valence-corrected chi connectivity index (χ3v) is 2.93. The Balaban J connectivity index is 2.20. The van der Waals surface area contributed by atoms with E-state index in [-0.39, 0.29) is 11.6 Å². The maximum atomic E-state index is 12.1. The Labute approximate surface area is 121 Å². The summed E-state index contributed by atoms with van der Waals surface area (Å²) in [6, 6.07) is 5.70. The van der Waals surface area contributed by atoms with Crippen molar-refractivity contribution in [2.24, 2.45) is 5.92 Å². The average molecular weight is 288 g/mol. The highest BCUT2D eigenvalue weighted by molar-refractivity contribution is 5.95. The topological polar surface area (TPSA) is 97.1 Å². The smallest absolute Gasteiger partial charge is 0.326 e. The van der Waals surface area contributed by atoms with E-state index in [9.17, 15) is 9.59 Å². The molecule has 0 fully saturated rings. The number of hydrogen-bond acceptors (Lipinski definition) is 4. The molecule has 7 heteroatoms. The van der Waals surface area contributed by atoms with Gasteiger partial charge in [0.25, 0.3) is 5.91 Å². The van der Waals surface area contributed by atoms with Crippen LogP contribution in [0.25, 0.3) is 5.82 Å². The van der Waals surface area contributed by atoms with Crippen molar-refractivity contribution in [1.29, 1.82) is 0 Å². The molecule has 0 aromatic carbocycles. The Hall–Kier alpha value is -2.70. The van der Waals surface area contributed by atoms with Gasteiger partial charge in [-0.2, -0.15) is 5.10 Å². The van der Waals surface area contributed by atoms with Crippen LogP contribution >= 0.6 is 0 Å². The number of nitrogens with zero attached hydrogens (tertiary/aromatic N) is 3. The van der Waals surface area contributed by atoms with E-state index < -0.39 is 17.9 Å². The molecule has 21 heavy (non-hydrogen) atoms. The lowest BCUT2D eigenvalue weighted by Gasteiger charge is -2.17. The molecular weight excluding hydrogens is 272 g/mol. The van der Waals surface area contributed by atoms with Gasteiger partial charge in [-0.25, -0.2) is 14.5 Å². The van der Waals surface area contributed by atoms with E-state index in [1.807, 2.05) is 0 Å². The van der Waals surface area contributed by atoms with Gasteiger partial charge in [0.15, 0.2) is 5.82 Å². The lowest BCUT2D eigenvalue weighted by molar-refractivity contribution is -0.140. The minimum absolute atomic E-state index is 0.148. The second kappa shape index (κ2) is 6.17. The monoisotopic (exact) mass is 288 g/mol. The van der Waals surface area contributed by atoms with Crippen molar-refractivity contribution in [3.63, 3.8) is 0 Å². The van der Waals surface area contributed by atoms with Gasteiger partial charge in [0, 0.05) is 12.4 Å². The molecule has 0 saturated heterocycles. The Morgan fingerprint density at radius 1 is 1.29 bits per heavy atom. The Morgan fingerprint density at radius 3 is 2.62 bits per heavy atom. The van der Waals surface area contributed by atoms with Gasteiger partial charge in [-0.05, 0) is 24.1 Å². The number of carbonyl (C=O) groups is 2. The van der Waals surface area contributed by atoms with Crippen LogP contribution in [0.4, 0.5) is 0 Å². The fourth-order valence-electron chi connectivity index (χ4n) is 1.81. The van der Waals surface area contributed by atoms with Crippen LogP contribution in [0.3, 0.4) is 0 Å². The normalized spacial score (nSPS) is 12.1. The van der Waals surface area contributed by atoms with Crippen molar-refractivity contribution >= 4 is 11.9 Å². The number of carboxylic acids is 1. The summed E-state index contributed by atoms with van der Waals surface area (Å²) in [6.07, 6.45) is 3.31. The van der Waals surface area contributed by atoms with Gasteiger partial charge in [-0.15, -0.1) is 0 Å². The predicted octanol–water partition coefficient (Wildman–Crippen LogP) is 1.11. The van der Waals surface area contributed by atoms with Gasteiger partial charge in [0.2, 0.25) is 0 Å². The predicted molar refractivity (Wildman–Crippen MR) is 75.1 cm³/mol. The molecule has 0 unspecified atom stereocenters. The lowest BCUT2D eigenvalue weighted by Crippen LogP contribution is -2.44. The first-order valence-electron chi connectivity index (χ1n) is 6.50. The van der Waals surface area contributed by atoms with E-state index in [1.165, 1.54) is 10.7 Å². The largest absolute Gasteiger partial charge is 0.480 e. The highest BCUT2D eigenvalue weighted by Crippen LogP contribution is 2.07. The van der Waals surface area contributed by atoms with Crippen LogP contribution < -0.4 is 5.32 Å². The number of rotatable bonds is 5. The van der Waals surface area contributed by atoms with Crippen LogP contribution in [0.1, 0.15) is 24.3 Å². The zero-order chi connectivity index (χ0) is 15.4. The van der Waals surface area contributed by atoms with Crippen LogP contribution in [0.5, 0.6) is 0 Å². The molecule has 1 amide bonds. The molecule has 0 saturated carbocycles. The summed E-state index contributed by atoms with van der Waals surface area (Å²) in [5.74, 6) is -1.32. The average Bonchev–Trinajstić information content (AvgIpc) is 2.98. The van der Waals surface area contributed by atoms with E-state index in [0.717, 1.165) is 0 Å². The van der Waals surface area contributed by atoms with E-state index >= 15 is 0 Å². The van der Waals surface area contributed by atoms with E-state index in [2.05, 4.69) is 15.4 Å². The zero-order valence-electron chi connectivity index (χ0n) is 11.7. The minimum Gasteiger partial charge on any atom is -0.480 e. The van der Waals surface area contributed by atoms with Crippen molar-refractivity contribution in [2.75, 3.05) is 0 Å². The molecule has 7 nitrogen and oxygen atoms in total. The quantitative estimate of drug-likeness (QED) is 0.859. The standard InChI is InChI=1S/C14H16N4O3/c1-9(2)12(14(20)21)17-13(19)10-5-3-6-11(16-10)18-8-4-7-15-18/h3-9,12H,1-2H3,(H,17,19)(H,20,21)/t12-/m1/s1. The molecule has 2 heterocycles. The van der Waals surface area contributed by atoms with Crippen molar-refractivity contribution in [3.8, 4) is 5.82 Å². The first kappa shape index (κ1) is 14.7. The highest BCUT2D eigenvalue weighted by atomic mass is 16.4. The zero-order valence-corrected chi connectivity index (χ0v) is 11.7. The van der Waals surface area contributed by atoms with Crippen LogP contribution in [0.2, 0.25) is 0 Å². The summed E-state index contributed by atoms with van der Waals surface area (Å²) in [5, 5.41) is 15.6. The number of nitrogens with one attached hydrogen (secondary N) is 1. The fraction of sp³-hybridized carbons (Fsp3) is 0.286. The van der Waals surface area contributed by atoms with Crippen molar-refractivity contribution < 1.29 is 14.7 Å². The minimum atomic E-state index is -1.07. The molecule has 0 radical (unpaired) electrons. The Kier molecular flexibility index (Phi) is 4.32. The van der Waals surface area contributed by atoms with E-state index in [4.69, 9.17) is 5.11 Å². The summed E-state index contributed by atoms with van der Waals surface area (Å²) < 4.78 is 1.52. The molecule has 0 aliphatic carbocycles. The van der Waals surface area contributed by atoms with Crippen LogP contribution in [-0.4, -0.2) is 37.8 Å². The molecule has 0 bridgehead atoms. The summed E-state index contributed by atoms with van der Waals surface area (Å²) in [5.41, 5.74) is 0.148. The Bertz CT molecular complexity index is 637. The van der Waals surface area contributed by atoms with E-state index in [1.54, 1.807) is 44.4 Å². The SMILES string of the molecule is CC(C)[C@@H](NC(=O)c1cccc(-n2cccn2)n1)C(=O)O. The van der Waals surface area contributed by atoms with Gasteiger partial charge in [0.1, 0.15) is 11.7 Å². The molecular formula is C14H16N4O3. The van der Waals surface area contributed by atoms with E-state index in [0.29, 0.717) is 5.82 Å². The van der Waals surface area contributed by atoms with Gasteiger partial charge in [-0.1, -0.05) is 19.9 Å². The number of aliphatic carboxylic acids is 1. The van der Waals surface area contributed by atoms with Crippen LogP contribution in [0.15, 0.2) is 36.7 Å². The first-order valence-corrected chi connectivity index (χ1v) is 6.50. The molecule has 110 valence electrons.